The summed E-state index contributed by atoms with van der Waals surface area (Å²) in [5.74, 6) is 0.619. The fraction of sp³-hybridized carbons (Fsp3) is 0.925. The zero-order valence-corrected chi connectivity index (χ0v) is 31.8. The van der Waals surface area contributed by atoms with E-state index < -0.39 is 73.3 Å². The van der Waals surface area contributed by atoms with Crippen LogP contribution in [-0.4, -0.2) is 116 Å². The lowest BCUT2D eigenvalue weighted by molar-refractivity contribution is -0.367. The molecule has 12 nitrogen and oxygen atoms in total. The molecule has 0 aromatic heterocycles. The fourth-order valence-corrected chi connectivity index (χ4v) is 13.0. The Hall–Kier alpha value is -1.19. The summed E-state index contributed by atoms with van der Waals surface area (Å²) in [5.41, 5.74) is 0.692. The number of carbonyl (C=O) groups is 1. The summed E-state index contributed by atoms with van der Waals surface area (Å²) >= 11 is 0. The molecule has 7 rings (SSSR count). The van der Waals surface area contributed by atoms with Crippen molar-refractivity contribution in [3.05, 3.63) is 11.6 Å². The molecular weight excluding hydrogens is 672 g/mol. The summed E-state index contributed by atoms with van der Waals surface area (Å²) in [6, 6.07) is 0. The average molecular weight is 737 g/mol. The Morgan fingerprint density at radius 2 is 1.50 bits per heavy atom. The standard InChI is InChI=1S/C40H64O12/c1-36(2)15-16-40(35(47)48)14-9-21-20(22(40)17-36)7-8-26-38(21,5)12-10-25-37(3,4)27(11-13-39(25,26)6)51-34-32(28(43)23(42)19-49-34)52-33-31(46)30(45)29(44)24(18-41)50-33/h7,21-34,41-46H,8-19H2,1-6H3,(H,47,48)/t21?,22-,23+,24+,25-,26-,27-,28-,29+,30-,31+,32+,33-,34-,38-,39-,40+/m0/s1. The molecule has 5 aliphatic carbocycles. The van der Waals surface area contributed by atoms with Crippen molar-refractivity contribution < 1.29 is 59.5 Å². The Balaban J connectivity index is 1.11. The maximum Gasteiger partial charge on any atom is 0.310 e. The van der Waals surface area contributed by atoms with Gasteiger partial charge in [0.05, 0.1) is 24.7 Å². The van der Waals surface area contributed by atoms with E-state index in [9.17, 15) is 40.5 Å². The van der Waals surface area contributed by atoms with Gasteiger partial charge < -0.3 is 54.7 Å². The van der Waals surface area contributed by atoms with Gasteiger partial charge >= 0.3 is 5.97 Å². The van der Waals surface area contributed by atoms with Crippen LogP contribution in [0.5, 0.6) is 0 Å². The van der Waals surface area contributed by atoms with Crippen LogP contribution in [0.3, 0.4) is 0 Å². The minimum absolute atomic E-state index is 0.0148. The van der Waals surface area contributed by atoms with Gasteiger partial charge in [-0.1, -0.05) is 53.2 Å². The van der Waals surface area contributed by atoms with Gasteiger partial charge in [0.15, 0.2) is 12.6 Å². The van der Waals surface area contributed by atoms with Crippen LogP contribution in [0, 0.1) is 50.7 Å². The molecular formula is C40H64O12. The predicted molar refractivity (Wildman–Crippen MR) is 187 cm³/mol. The highest BCUT2D eigenvalue weighted by atomic mass is 16.8. The number of aliphatic hydroxyl groups is 6. The van der Waals surface area contributed by atoms with Gasteiger partial charge in [-0.3, -0.25) is 4.79 Å². The molecule has 0 spiro atoms. The van der Waals surface area contributed by atoms with E-state index in [1.807, 2.05) is 0 Å². The van der Waals surface area contributed by atoms with Crippen LogP contribution in [0.4, 0.5) is 0 Å². The Morgan fingerprint density at radius 1 is 0.788 bits per heavy atom. The van der Waals surface area contributed by atoms with E-state index in [2.05, 4.69) is 47.6 Å². The maximum atomic E-state index is 12.9. The second-order valence-electron chi connectivity index (χ2n) is 19.6. The van der Waals surface area contributed by atoms with Gasteiger partial charge in [0.1, 0.15) is 42.7 Å². The van der Waals surface area contributed by atoms with Gasteiger partial charge in [0.2, 0.25) is 0 Å². The van der Waals surface area contributed by atoms with Crippen LogP contribution in [0.25, 0.3) is 0 Å². The van der Waals surface area contributed by atoms with Crippen LogP contribution in [-0.2, 0) is 23.7 Å². The van der Waals surface area contributed by atoms with Gasteiger partial charge in [0.25, 0.3) is 0 Å². The molecule has 17 atom stereocenters. The van der Waals surface area contributed by atoms with Crippen LogP contribution in [0.2, 0.25) is 0 Å². The summed E-state index contributed by atoms with van der Waals surface area (Å²) in [6.07, 6.45) is -1.60. The van der Waals surface area contributed by atoms with Crippen molar-refractivity contribution in [2.45, 2.75) is 167 Å². The smallest absolute Gasteiger partial charge is 0.310 e. The number of allylic oxidation sites excluding steroid dienone is 2. The van der Waals surface area contributed by atoms with E-state index in [-0.39, 0.29) is 40.3 Å². The number of carboxylic acid groups (broad SMARTS) is 1. The molecule has 296 valence electrons. The van der Waals surface area contributed by atoms with E-state index >= 15 is 0 Å². The molecule has 52 heavy (non-hydrogen) atoms. The minimum Gasteiger partial charge on any atom is -0.481 e. The summed E-state index contributed by atoms with van der Waals surface area (Å²) < 4.78 is 24.2. The van der Waals surface area contributed by atoms with Crippen LogP contribution < -0.4 is 0 Å². The first-order chi connectivity index (χ1) is 24.3. The highest BCUT2D eigenvalue weighted by Crippen LogP contribution is 2.72. The first-order valence-electron chi connectivity index (χ1n) is 19.8. The number of ether oxygens (including phenoxy) is 4. The van der Waals surface area contributed by atoms with E-state index in [1.54, 1.807) is 0 Å². The van der Waals surface area contributed by atoms with E-state index in [1.165, 1.54) is 5.57 Å². The number of carboxylic acids is 1. The number of hydrogen-bond acceptors (Lipinski definition) is 11. The number of aliphatic hydroxyl groups excluding tert-OH is 6. The van der Waals surface area contributed by atoms with Gasteiger partial charge in [-0.2, -0.15) is 0 Å². The molecule has 12 heteroatoms. The fourth-order valence-electron chi connectivity index (χ4n) is 13.0. The van der Waals surface area contributed by atoms with Crippen molar-refractivity contribution in [1.29, 1.82) is 0 Å². The van der Waals surface area contributed by atoms with Gasteiger partial charge in [-0.15, -0.1) is 0 Å². The molecule has 2 heterocycles. The lowest BCUT2D eigenvalue weighted by Gasteiger charge is -2.68. The molecule has 0 amide bonds. The molecule has 0 bridgehead atoms. The largest absolute Gasteiger partial charge is 0.481 e. The van der Waals surface area contributed by atoms with Crippen LogP contribution in [0.1, 0.15) is 106 Å². The molecule has 7 aliphatic rings. The third-order valence-electron chi connectivity index (χ3n) is 16.1. The SMILES string of the molecule is CC1(C)CC[C@]2(C(=O)O)CCC3C(=CC[C@@H]4[C@@]5(C)CC[C@H](O[C@@H]6OC[C@@H](O)[C@H](O)[C@H]6O[C@@H]6O[C@H](CO)[C@@H](O)[C@H](O)[C@H]6O)C(C)(C)[C@@H]5CC[C@@]34C)[C@@H]2C1. The summed E-state index contributed by atoms with van der Waals surface area (Å²) in [6.45, 7) is 13.2. The quantitative estimate of drug-likeness (QED) is 0.156. The average Bonchev–Trinajstić information content (AvgIpc) is 3.08. The van der Waals surface area contributed by atoms with Crippen molar-refractivity contribution in [1.82, 2.24) is 0 Å². The summed E-state index contributed by atoms with van der Waals surface area (Å²) in [5, 5.41) is 73.1. The van der Waals surface area contributed by atoms with Gasteiger partial charge in [-0.25, -0.2) is 0 Å². The normalized spacial score (nSPS) is 52.7. The van der Waals surface area contributed by atoms with Crippen molar-refractivity contribution in [3.8, 4) is 0 Å². The lowest BCUT2D eigenvalue weighted by Crippen LogP contribution is -2.65. The van der Waals surface area contributed by atoms with Crippen LogP contribution in [0.15, 0.2) is 11.6 Å². The molecule has 2 saturated heterocycles. The summed E-state index contributed by atoms with van der Waals surface area (Å²) in [4.78, 5) is 12.9. The topological polar surface area (TPSA) is 196 Å². The minimum atomic E-state index is -1.69. The monoisotopic (exact) mass is 736 g/mol. The Morgan fingerprint density at radius 3 is 2.19 bits per heavy atom. The molecule has 7 N–H and O–H groups in total. The molecule has 6 fully saturated rings. The highest BCUT2D eigenvalue weighted by molar-refractivity contribution is 5.76. The van der Waals surface area contributed by atoms with Crippen molar-refractivity contribution in [2.75, 3.05) is 13.2 Å². The second-order valence-corrected chi connectivity index (χ2v) is 19.6. The van der Waals surface area contributed by atoms with Gasteiger partial charge in [0, 0.05) is 0 Å². The van der Waals surface area contributed by atoms with E-state index in [0.29, 0.717) is 17.8 Å². The number of hydrogen-bond donors (Lipinski definition) is 7. The third kappa shape index (κ3) is 5.96. The molecule has 0 aromatic carbocycles. The number of aliphatic carboxylic acids is 1. The first-order valence-corrected chi connectivity index (χ1v) is 19.8. The molecule has 1 unspecified atom stereocenters. The second kappa shape index (κ2) is 13.5. The third-order valence-corrected chi connectivity index (χ3v) is 16.1. The molecule has 0 radical (unpaired) electrons. The highest BCUT2D eigenvalue weighted by Gasteiger charge is 2.66. The Kier molecular flexibility index (Phi) is 10.1. The van der Waals surface area contributed by atoms with E-state index in [4.69, 9.17) is 18.9 Å². The Bertz CT molecular complexity index is 1380. The van der Waals surface area contributed by atoms with E-state index in [0.717, 1.165) is 64.2 Å². The molecule has 0 aromatic rings. The Labute approximate surface area is 307 Å². The number of fused-ring (bicyclic) bond motifs is 7. The predicted octanol–water partition coefficient (Wildman–Crippen LogP) is 3.13. The zero-order valence-electron chi connectivity index (χ0n) is 31.8. The number of rotatable bonds is 6. The van der Waals surface area contributed by atoms with Crippen molar-refractivity contribution >= 4 is 5.97 Å². The maximum absolute atomic E-state index is 12.9. The molecule has 4 saturated carbocycles. The summed E-state index contributed by atoms with van der Waals surface area (Å²) in [7, 11) is 0. The van der Waals surface area contributed by atoms with Crippen molar-refractivity contribution in [3.63, 3.8) is 0 Å². The first kappa shape index (κ1) is 39.1. The van der Waals surface area contributed by atoms with Gasteiger partial charge in [-0.05, 0) is 110 Å². The molecule has 2 aliphatic heterocycles. The zero-order chi connectivity index (χ0) is 37.8. The van der Waals surface area contributed by atoms with Crippen molar-refractivity contribution in [2.24, 2.45) is 50.7 Å². The van der Waals surface area contributed by atoms with Crippen LogP contribution >= 0.6 is 0 Å². The lowest BCUT2D eigenvalue weighted by atomic mass is 9.37.